The lowest BCUT2D eigenvalue weighted by Crippen LogP contribution is -2.58. The number of aromatic nitrogens is 1. The number of aryl methyl sites for hydroxylation is 1. The number of morpholine rings is 2. The molecule has 1 aromatic carbocycles. The van der Waals surface area contributed by atoms with E-state index in [9.17, 15) is 4.79 Å². The lowest BCUT2D eigenvalue weighted by atomic mass is 10.0. The molecule has 2 bridgehead atoms. The number of thiophene rings is 1. The number of anilines is 2. The molecule has 3 aliphatic rings. The summed E-state index contributed by atoms with van der Waals surface area (Å²) in [4.78, 5) is 20.7. The highest BCUT2D eigenvalue weighted by Gasteiger charge is 2.33. The molecular weight excluding hydrogens is 457 g/mol. The number of nitrogen functional groups attached to an aromatic ring is 1. The summed E-state index contributed by atoms with van der Waals surface area (Å²) in [6, 6.07) is 6.87. The van der Waals surface area contributed by atoms with Gasteiger partial charge in [-0.05, 0) is 25.1 Å². The van der Waals surface area contributed by atoms with Gasteiger partial charge in [-0.2, -0.15) is 0 Å². The van der Waals surface area contributed by atoms with Crippen molar-refractivity contribution in [3.63, 3.8) is 0 Å². The molecule has 0 spiro atoms. The fourth-order valence-electron chi connectivity index (χ4n) is 4.97. The number of fused-ring (bicyclic) bond motifs is 4. The van der Waals surface area contributed by atoms with Crippen LogP contribution < -0.4 is 26.0 Å². The van der Waals surface area contributed by atoms with Crippen LogP contribution in [0.1, 0.15) is 20.9 Å². The van der Waals surface area contributed by atoms with E-state index in [1.54, 1.807) is 6.07 Å². The zero-order valence-electron chi connectivity index (χ0n) is 18.8. The van der Waals surface area contributed by atoms with Crippen molar-refractivity contribution in [3.05, 3.63) is 46.2 Å². The summed E-state index contributed by atoms with van der Waals surface area (Å²) in [5.74, 6) is -0.0701. The van der Waals surface area contributed by atoms with Crippen molar-refractivity contribution in [1.82, 2.24) is 15.6 Å². The minimum atomic E-state index is -0.353. The first-order valence-electron chi connectivity index (χ1n) is 11.5. The van der Waals surface area contributed by atoms with E-state index in [2.05, 4.69) is 20.5 Å². The van der Waals surface area contributed by atoms with E-state index in [4.69, 9.17) is 15.2 Å². The number of pyridine rings is 1. The maximum Gasteiger partial charge on any atom is 0.263 e. The van der Waals surface area contributed by atoms with Gasteiger partial charge in [0.05, 0.1) is 23.9 Å². The summed E-state index contributed by atoms with van der Waals surface area (Å²) in [5, 5.41) is 7.10. The Labute approximate surface area is 200 Å². The molecule has 0 saturated carbocycles. The van der Waals surface area contributed by atoms with Gasteiger partial charge in [0, 0.05) is 61.0 Å². The number of carbonyl (C=O) groups is 1. The van der Waals surface area contributed by atoms with Gasteiger partial charge in [-0.1, -0.05) is 0 Å². The zero-order chi connectivity index (χ0) is 23.4. The second-order valence-corrected chi connectivity index (χ2v) is 10.2. The van der Waals surface area contributed by atoms with Gasteiger partial charge < -0.3 is 30.7 Å². The predicted molar refractivity (Wildman–Crippen MR) is 129 cm³/mol. The molecular formula is C24H26FN5O3S. The second-order valence-electron chi connectivity index (χ2n) is 9.18. The molecule has 34 heavy (non-hydrogen) atoms. The summed E-state index contributed by atoms with van der Waals surface area (Å²) in [5.41, 5.74) is 8.79. The fourth-order valence-corrected chi connectivity index (χ4v) is 6.01. The molecule has 0 aliphatic carbocycles. The number of nitrogens with one attached hydrogen (secondary N) is 2. The molecule has 3 aromatic rings. The Balaban J connectivity index is 1.18. The highest BCUT2D eigenvalue weighted by atomic mass is 32.1. The number of carbonyl (C=O) groups excluding carboxylic acids is 1. The molecule has 178 valence electrons. The number of halogens is 1. The standard InChI is InChI=1S/C24H26FN5O3S/c1-12-2-3-17-21(26)22(34-24(17)28-12)23(31)29-13-4-18-19(25)5-14(6-20(18)32-11-13)30-9-15-7-27-8-16(10-30)33-15/h2-3,5-6,13,15-16,27H,4,7-11,26H2,1H3,(H,29,31)/t13-,15?,16?/m1/s1. The van der Waals surface area contributed by atoms with Gasteiger partial charge in [0.15, 0.2) is 0 Å². The smallest absolute Gasteiger partial charge is 0.263 e. The average Bonchev–Trinajstić information content (AvgIpc) is 3.14. The minimum absolute atomic E-state index is 0.104. The van der Waals surface area contributed by atoms with E-state index >= 15 is 4.39 Å². The van der Waals surface area contributed by atoms with Crippen molar-refractivity contribution < 1.29 is 18.7 Å². The third-order valence-electron chi connectivity index (χ3n) is 6.65. The van der Waals surface area contributed by atoms with E-state index in [1.807, 2.05) is 25.1 Å². The topological polar surface area (TPSA) is 102 Å². The van der Waals surface area contributed by atoms with Gasteiger partial charge >= 0.3 is 0 Å². The molecule has 0 radical (unpaired) electrons. The quantitative estimate of drug-likeness (QED) is 0.525. The molecule has 4 N–H and O–H groups in total. The van der Waals surface area contributed by atoms with Crippen molar-refractivity contribution in [2.75, 3.05) is 43.4 Å². The van der Waals surface area contributed by atoms with Crippen molar-refractivity contribution in [3.8, 4) is 5.75 Å². The van der Waals surface area contributed by atoms with Crippen molar-refractivity contribution in [1.29, 1.82) is 0 Å². The Hall–Kier alpha value is -2.95. The molecule has 2 fully saturated rings. The minimum Gasteiger partial charge on any atom is -0.491 e. The van der Waals surface area contributed by atoms with Crippen LogP contribution in [-0.2, 0) is 11.2 Å². The molecule has 8 nitrogen and oxygen atoms in total. The van der Waals surface area contributed by atoms with Crippen LogP contribution in [0.3, 0.4) is 0 Å². The third-order valence-corrected chi connectivity index (χ3v) is 7.76. The van der Waals surface area contributed by atoms with Gasteiger partial charge in [0.25, 0.3) is 5.91 Å². The Morgan fingerprint density at radius 3 is 2.88 bits per heavy atom. The van der Waals surface area contributed by atoms with Crippen LogP contribution in [0.4, 0.5) is 15.8 Å². The Morgan fingerprint density at radius 2 is 2.09 bits per heavy atom. The summed E-state index contributed by atoms with van der Waals surface area (Å²) < 4.78 is 27.0. The van der Waals surface area contributed by atoms with E-state index in [1.165, 1.54) is 11.3 Å². The normalized spacial score (nSPS) is 23.9. The lowest BCUT2D eigenvalue weighted by Gasteiger charge is -2.43. The number of rotatable bonds is 3. The molecule has 3 aliphatic heterocycles. The maximum absolute atomic E-state index is 15.2. The first-order valence-corrected chi connectivity index (χ1v) is 12.3. The highest BCUT2D eigenvalue weighted by molar-refractivity contribution is 7.21. The molecule has 2 aromatic heterocycles. The maximum atomic E-state index is 15.2. The van der Waals surface area contributed by atoms with Crippen molar-refractivity contribution in [2.45, 2.75) is 31.6 Å². The lowest BCUT2D eigenvalue weighted by molar-refractivity contribution is -0.0484. The van der Waals surface area contributed by atoms with Crippen LogP contribution in [0, 0.1) is 12.7 Å². The molecule has 2 unspecified atom stereocenters. The van der Waals surface area contributed by atoms with Crippen LogP contribution >= 0.6 is 11.3 Å². The summed E-state index contributed by atoms with van der Waals surface area (Å²) >= 11 is 1.26. The van der Waals surface area contributed by atoms with Crippen molar-refractivity contribution >= 4 is 38.8 Å². The molecule has 10 heteroatoms. The number of hydrogen-bond donors (Lipinski definition) is 3. The summed E-state index contributed by atoms with van der Waals surface area (Å²) in [6.07, 6.45) is 0.563. The third kappa shape index (κ3) is 3.85. The molecule has 6 rings (SSSR count). The fraction of sp³-hybridized carbons (Fsp3) is 0.417. The summed E-state index contributed by atoms with van der Waals surface area (Å²) in [7, 11) is 0. The van der Waals surface area contributed by atoms with Gasteiger partial charge in [-0.3, -0.25) is 4.79 Å². The number of amides is 1. The summed E-state index contributed by atoms with van der Waals surface area (Å²) in [6.45, 7) is 5.20. The van der Waals surface area contributed by atoms with Crippen LogP contribution in [-0.4, -0.2) is 61.9 Å². The van der Waals surface area contributed by atoms with E-state index in [0.717, 1.165) is 34.7 Å². The Bertz CT molecular complexity index is 1270. The zero-order valence-corrected chi connectivity index (χ0v) is 19.6. The average molecular weight is 484 g/mol. The van der Waals surface area contributed by atoms with Crippen LogP contribution in [0.2, 0.25) is 0 Å². The number of nitrogens with two attached hydrogens (primary N) is 1. The van der Waals surface area contributed by atoms with Gasteiger partial charge in [0.2, 0.25) is 0 Å². The van der Waals surface area contributed by atoms with Crippen LogP contribution in [0.25, 0.3) is 10.2 Å². The first kappa shape index (κ1) is 21.6. The number of ether oxygens (including phenoxy) is 2. The predicted octanol–water partition coefficient (Wildman–Crippen LogP) is 2.24. The van der Waals surface area contributed by atoms with Crippen LogP contribution in [0.15, 0.2) is 24.3 Å². The second kappa shape index (κ2) is 8.37. The van der Waals surface area contributed by atoms with Crippen molar-refractivity contribution in [2.24, 2.45) is 0 Å². The Morgan fingerprint density at radius 1 is 1.29 bits per heavy atom. The first-order chi connectivity index (χ1) is 16.4. The molecule has 3 atom stereocenters. The molecule has 1 amide bonds. The molecule has 5 heterocycles. The number of nitrogens with zero attached hydrogens (tertiary/aromatic N) is 2. The SMILES string of the molecule is Cc1ccc2c(N)c(C(=O)N[C@H]3COc4cc(N5CC6CNCC(C5)O6)cc(F)c4C3)sc2n1. The van der Waals surface area contributed by atoms with E-state index < -0.39 is 0 Å². The highest BCUT2D eigenvalue weighted by Crippen LogP contribution is 2.35. The monoisotopic (exact) mass is 483 g/mol. The number of hydrogen-bond acceptors (Lipinski definition) is 8. The largest absolute Gasteiger partial charge is 0.491 e. The van der Waals surface area contributed by atoms with Gasteiger partial charge in [-0.15, -0.1) is 11.3 Å². The van der Waals surface area contributed by atoms with E-state index in [-0.39, 0.29) is 36.6 Å². The molecule has 2 saturated heterocycles. The Kier molecular flexibility index (Phi) is 5.31. The van der Waals surface area contributed by atoms with Gasteiger partial charge in [0.1, 0.15) is 27.9 Å². The van der Waals surface area contributed by atoms with E-state index in [0.29, 0.717) is 41.4 Å². The number of benzene rings is 1. The van der Waals surface area contributed by atoms with Gasteiger partial charge in [-0.25, -0.2) is 9.37 Å². The van der Waals surface area contributed by atoms with Crippen LogP contribution in [0.5, 0.6) is 5.75 Å².